The topological polar surface area (TPSA) is 93.1 Å². The van der Waals surface area contributed by atoms with Crippen molar-refractivity contribution in [2.75, 3.05) is 6.54 Å². The zero-order valence-corrected chi connectivity index (χ0v) is 18.3. The lowest BCUT2D eigenvalue weighted by atomic mass is 10.1. The molecule has 7 nitrogen and oxygen atoms in total. The van der Waals surface area contributed by atoms with E-state index in [0.29, 0.717) is 6.54 Å². The maximum absolute atomic E-state index is 12.5. The summed E-state index contributed by atoms with van der Waals surface area (Å²) in [6.07, 6.45) is 5.47. The van der Waals surface area contributed by atoms with Crippen molar-refractivity contribution >= 4 is 26.7 Å². The van der Waals surface area contributed by atoms with Gasteiger partial charge in [-0.2, -0.15) is 0 Å². The molecule has 164 valence electrons. The lowest BCUT2D eigenvalue weighted by molar-refractivity contribution is -0.121. The van der Waals surface area contributed by atoms with E-state index < -0.39 is 10.0 Å². The standard InChI is InChI=1S/C24H24N4O3S/c29-24(26-16-19-5-7-20(8-6-19)17-28-14-13-25-18-28)11-12-27-32(30,31)23-10-9-21-3-1-2-4-22(21)15-23/h1-10,13-15,18,27H,11-12,16-17H2,(H,26,29). The second-order valence-corrected chi connectivity index (χ2v) is 9.25. The molecule has 1 aromatic heterocycles. The van der Waals surface area contributed by atoms with Crippen LogP contribution in [0.25, 0.3) is 10.8 Å². The first kappa shape index (κ1) is 21.7. The number of rotatable bonds is 9. The number of imidazole rings is 1. The molecule has 1 heterocycles. The van der Waals surface area contributed by atoms with E-state index in [1.807, 2.05) is 59.3 Å². The first-order valence-corrected chi connectivity index (χ1v) is 11.8. The zero-order valence-electron chi connectivity index (χ0n) is 17.4. The van der Waals surface area contributed by atoms with Gasteiger partial charge in [-0.25, -0.2) is 18.1 Å². The molecule has 4 rings (SSSR count). The van der Waals surface area contributed by atoms with Gasteiger partial charge in [-0.1, -0.05) is 54.6 Å². The summed E-state index contributed by atoms with van der Waals surface area (Å²) in [5, 5.41) is 4.65. The summed E-state index contributed by atoms with van der Waals surface area (Å²) in [4.78, 5) is 16.3. The third-order valence-corrected chi connectivity index (χ3v) is 6.57. The molecule has 0 atom stereocenters. The summed E-state index contributed by atoms with van der Waals surface area (Å²) in [5.74, 6) is -0.214. The first-order chi connectivity index (χ1) is 15.5. The summed E-state index contributed by atoms with van der Waals surface area (Å²) < 4.78 is 29.6. The molecule has 0 saturated heterocycles. The van der Waals surface area contributed by atoms with E-state index in [1.54, 1.807) is 30.7 Å². The fraction of sp³-hybridized carbons (Fsp3) is 0.167. The highest BCUT2D eigenvalue weighted by atomic mass is 32.2. The molecule has 0 bridgehead atoms. The van der Waals surface area contributed by atoms with Crippen LogP contribution in [0.5, 0.6) is 0 Å². The van der Waals surface area contributed by atoms with Gasteiger partial charge in [0.15, 0.2) is 0 Å². The van der Waals surface area contributed by atoms with Crippen LogP contribution in [0, 0.1) is 0 Å². The largest absolute Gasteiger partial charge is 0.352 e. The average Bonchev–Trinajstić information content (AvgIpc) is 3.31. The van der Waals surface area contributed by atoms with Gasteiger partial charge in [0.05, 0.1) is 11.2 Å². The van der Waals surface area contributed by atoms with Crippen molar-refractivity contribution < 1.29 is 13.2 Å². The molecule has 1 amide bonds. The van der Waals surface area contributed by atoms with E-state index in [-0.39, 0.29) is 23.8 Å². The van der Waals surface area contributed by atoms with Crippen molar-refractivity contribution in [3.8, 4) is 0 Å². The van der Waals surface area contributed by atoms with Crippen molar-refractivity contribution in [3.63, 3.8) is 0 Å². The van der Waals surface area contributed by atoms with E-state index >= 15 is 0 Å². The Balaban J connectivity index is 1.23. The molecule has 32 heavy (non-hydrogen) atoms. The second-order valence-electron chi connectivity index (χ2n) is 7.48. The van der Waals surface area contributed by atoms with Crippen LogP contribution in [0.3, 0.4) is 0 Å². The highest BCUT2D eigenvalue weighted by Gasteiger charge is 2.14. The summed E-state index contributed by atoms with van der Waals surface area (Å²) in [7, 11) is -3.68. The molecule has 0 aliphatic rings. The number of hydrogen-bond donors (Lipinski definition) is 2. The van der Waals surface area contributed by atoms with Crippen LogP contribution < -0.4 is 10.0 Å². The molecule has 0 saturated carbocycles. The van der Waals surface area contributed by atoms with Gasteiger partial charge in [0, 0.05) is 38.4 Å². The summed E-state index contributed by atoms with van der Waals surface area (Å²) in [5.41, 5.74) is 2.12. The number of sulfonamides is 1. The Hall–Kier alpha value is -3.49. The molecule has 0 unspecified atom stereocenters. The Labute approximate surface area is 187 Å². The van der Waals surface area contributed by atoms with Crippen LogP contribution in [-0.4, -0.2) is 30.4 Å². The number of nitrogens with zero attached hydrogens (tertiary/aromatic N) is 2. The Morgan fingerprint density at radius 3 is 2.44 bits per heavy atom. The third kappa shape index (κ3) is 5.60. The monoisotopic (exact) mass is 448 g/mol. The lowest BCUT2D eigenvalue weighted by Crippen LogP contribution is -2.30. The Morgan fingerprint density at radius 1 is 0.938 bits per heavy atom. The van der Waals surface area contributed by atoms with E-state index in [2.05, 4.69) is 15.0 Å². The fourth-order valence-corrected chi connectivity index (χ4v) is 4.43. The number of fused-ring (bicyclic) bond motifs is 1. The van der Waals surface area contributed by atoms with Crippen LogP contribution in [-0.2, 0) is 27.9 Å². The minimum atomic E-state index is -3.68. The van der Waals surface area contributed by atoms with Crippen LogP contribution in [0.2, 0.25) is 0 Å². The minimum absolute atomic E-state index is 0.0326. The molecule has 0 radical (unpaired) electrons. The minimum Gasteiger partial charge on any atom is -0.352 e. The molecule has 0 aliphatic heterocycles. The van der Waals surface area contributed by atoms with E-state index in [9.17, 15) is 13.2 Å². The molecular formula is C24H24N4O3S. The highest BCUT2D eigenvalue weighted by Crippen LogP contribution is 2.18. The molecule has 0 spiro atoms. The Bertz CT molecular complexity index is 1300. The fourth-order valence-electron chi connectivity index (χ4n) is 3.36. The van der Waals surface area contributed by atoms with E-state index in [4.69, 9.17) is 0 Å². The highest BCUT2D eigenvalue weighted by molar-refractivity contribution is 7.89. The molecule has 8 heteroatoms. The van der Waals surface area contributed by atoms with Gasteiger partial charge in [0.25, 0.3) is 0 Å². The van der Waals surface area contributed by atoms with Crippen molar-refractivity contribution in [1.82, 2.24) is 19.6 Å². The Kier molecular flexibility index (Phi) is 6.63. The van der Waals surface area contributed by atoms with E-state index in [1.165, 1.54) is 0 Å². The average molecular weight is 449 g/mol. The van der Waals surface area contributed by atoms with Gasteiger partial charge < -0.3 is 9.88 Å². The molecule has 2 N–H and O–H groups in total. The van der Waals surface area contributed by atoms with Gasteiger partial charge in [-0.15, -0.1) is 0 Å². The molecule has 3 aromatic carbocycles. The van der Waals surface area contributed by atoms with Crippen LogP contribution >= 0.6 is 0 Å². The van der Waals surface area contributed by atoms with Crippen molar-refractivity contribution in [2.24, 2.45) is 0 Å². The van der Waals surface area contributed by atoms with Crippen molar-refractivity contribution in [2.45, 2.75) is 24.4 Å². The third-order valence-electron chi connectivity index (χ3n) is 5.11. The maximum atomic E-state index is 12.5. The SMILES string of the molecule is O=C(CCNS(=O)(=O)c1ccc2ccccc2c1)NCc1ccc(Cn2ccnc2)cc1. The molecule has 4 aromatic rings. The van der Waals surface area contributed by atoms with Gasteiger partial charge in [0.2, 0.25) is 15.9 Å². The summed E-state index contributed by atoms with van der Waals surface area (Å²) in [6, 6.07) is 20.5. The van der Waals surface area contributed by atoms with Crippen LogP contribution in [0.15, 0.2) is 90.3 Å². The van der Waals surface area contributed by atoms with Crippen molar-refractivity contribution in [3.05, 3.63) is 96.6 Å². The number of benzene rings is 3. The number of aromatic nitrogens is 2. The van der Waals surface area contributed by atoms with Gasteiger partial charge in [-0.05, 0) is 34.0 Å². The lowest BCUT2D eigenvalue weighted by Gasteiger charge is -2.09. The second kappa shape index (κ2) is 9.76. The quantitative estimate of drug-likeness (QED) is 0.412. The van der Waals surface area contributed by atoms with Gasteiger partial charge in [0.1, 0.15) is 0 Å². The first-order valence-electron chi connectivity index (χ1n) is 10.3. The summed E-state index contributed by atoms with van der Waals surface area (Å²) >= 11 is 0. The van der Waals surface area contributed by atoms with Crippen LogP contribution in [0.1, 0.15) is 17.5 Å². The van der Waals surface area contributed by atoms with Crippen LogP contribution in [0.4, 0.5) is 0 Å². The van der Waals surface area contributed by atoms with E-state index in [0.717, 1.165) is 28.4 Å². The predicted molar refractivity (Wildman–Crippen MR) is 123 cm³/mol. The predicted octanol–water partition coefficient (Wildman–Crippen LogP) is 3.07. The number of nitrogens with one attached hydrogen (secondary N) is 2. The van der Waals surface area contributed by atoms with Crippen molar-refractivity contribution in [1.29, 1.82) is 0 Å². The Morgan fingerprint density at radius 2 is 1.69 bits per heavy atom. The van der Waals surface area contributed by atoms with Gasteiger partial charge >= 0.3 is 0 Å². The number of amides is 1. The molecular weight excluding hydrogens is 424 g/mol. The zero-order chi connectivity index (χ0) is 22.4. The normalized spacial score (nSPS) is 11.5. The number of carbonyl (C=O) groups is 1. The molecule has 0 fully saturated rings. The smallest absolute Gasteiger partial charge is 0.240 e. The maximum Gasteiger partial charge on any atom is 0.240 e. The molecule has 0 aliphatic carbocycles. The number of carbonyl (C=O) groups excluding carboxylic acids is 1. The van der Waals surface area contributed by atoms with Gasteiger partial charge in [-0.3, -0.25) is 4.79 Å². The summed E-state index contributed by atoms with van der Waals surface area (Å²) in [6.45, 7) is 1.16. The number of hydrogen-bond acceptors (Lipinski definition) is 4.